The monoisotopic (exact) mass is 277 g/mol. The second kappa shape index (κ2) is 4.87. The number of fused-ring (bicyclic) bond motifs is 2. The second-order valence-corrected chi connectivity index (χ2v) is 7.67. The fourth-order valence-corrected chi connectivity index (χ4v) is 4.86. The Morgan fingerprint density at radius 3 is 2.90 bits per heavy atom. The lowest BCUT2D eigenvalue weighted by molar-refractivity contribution is -0.146. The Labute approximate surface area is 122 Å². The molecule has 0 aromatic heterocycles. The van der Waals surface area contributed by atoms with Gasteiger partial charge >= 0.3 is 5.97 Å². The van der Waals surface area contributed by atoms with E-state index in [9.17, 15) is 4.79 Å². The van der Waals surface area contributed by atoms with Crippen LogP contribution in [0.5, 0.6) is 0 Å². The summed E-state index contributed by atoms with van der Waals surface area (Å²) < 4.78 is 5.73. The first-order valence-corrected chi connectivity index (χ1v) is 7.93. The topological polar surface area (TPSA) is 29.5 Å². The Kier molecular flexibility index (Phi) is 3.44. The minimum Gasteiger partial charge on any atom is -0.462 e. The van der Waals surface area contributed by atoms with Gasteiger partial charge in [-0.3, -0.25) is 4.79 Å². The highest BCUT2D eigenvalue weighted by molar-refractivity contribution is 5.75. The number of ether oxygens (including phenoxy) is 1. The van der Waals surface area contributed by atoms with Crippen LogP contribution in [0, 0.1) is 23.2 Å². The summed E-state index contributed by atoms with van der Waals surface area (Å²) in [5.41, 5.74) is 1.73. The normalized spacial score (nSPS) is 44.2. The number of allylic oxidation sites excluding steroid dienone is 1. The standard InChI is InChI=1S/C17H27NO2/c1-11-6-5-7-17(2)9-15-12(8-14(11)17)13(10-18(3)4)16(19)20-15/h12-15H,1,5-10H2,2-4H3/t12-,13+,14-,15+,17-/m0/s1. The predicted molar refractivity (Wildman–Crippen MR) is 79.2 cm³/mol. The van der Waals surface area contributed by atoms with Gasteiger partial charge in [-0.15, -0.1) is 0 Å². The molecule has 3 heteroatoms. The molecular weight excluding hydrogens is 250 g/mol. The summed E-state index contributed by atoms with van der Waals surface area (Å²) in [5.74, 6) is 1.09. The molecule has 20 heavy (non-hydrogen) atoms. The van der Waals surface area contributed by atoms with Gasteiger partial charge in [-0.1, -0.05) is 19.1 Å². The van der Waals surface area contributed by atoms with Crippen molar-refractivity contribution in [2.24, 2.45) is 23.2 Å². The summed E-state index contributed by atoms with van der Waals surface area (Å²) in [6.07, 6.45) is 5.97. The highest BCUT2D eigenvalue weighted by Crippen LogP contribution is 2.56. The van der Waals surface area contributed by atoms with Crippen LogP contribution in [-0.4, -0.2) is 37.6 Å². The maximum Gasteiger partial charge on any atom is 0.310 e. The van der Waals surface area contributed by atoms with E-state index in [1.54, 1.807) is 0 Å². The average molecular weight is 277 g/mol. The molecule has 0 spiro atoms. The lowest BCUT2D eigenvalue weighted by Gasteiger charge is -2.50. The zero-order valence-electron chi connectivity index (χ0n) is 13.0. The molecule has 0 radical (unpaired) electrons. The summed E-state index contributed by atoms with van der Waals surface area (Å²) >= 11 is 0. The molecule has 3 rings (SSSR count). The van der Waals surface area contributed by atoms with Crippen LogP contribution in [0.1, 0.15) is 39.0 Å². The fraction of sp³-hybridized carbons (Fsp3) is 0.824. The Balaban J connectivity index is 1.82. The Bertz CT molecular complexity index is 431. The summed E-state index contributed by atoms with van der Waals surface area (Å²) in [6, 6.07) is 0. The summed E-state index contributed by atoms with van der Waals surface area (Å²) in [5, 5.41) is 0. The molecule has 1 aliphatic heterocycles. The van der Waals surface area contributed by atoms with Crippen molar-refractivity contribution in [3.63, 3.8) is 0 Å². The van der Waals surface area contributed by atoms with E-state index >= 15 is 0 Å². The van der Waals surface area contributed by atoms with E-state index < -0.39 is 0 Å². The molecule has 0 unspecified atom stereocenters. The third-order valence-corrected chi connectivity index (χ3v) is 5.88. The molecule has 1 heterocycles. The molecule has 0 aromatic carbocycles. The first kappa shape index (κ1) is 14.1. The van der Waals surface area contributed by atoms with Crippen LogP contribution >= 0.6 is 0 Å². The third kappa shape index (κ3) is 2.20. The molecule has 112 valence electrons. The summed E-state index contributed by atoms with van der Waals surface area (Å²) in [4.78, 5) is 14.3. The van der Waals surface area contributed by atoms with E-state index in [4.69, 9.17) is 4.74 Å². The third-order valence-electron chi connectivity index (χ3n) is 5.88. The Hall–Kier alpha value is -0.830. The van der Waals surface area contributed by atoms with Gasteiger partial charge in [0.25, 0.3) is 0 Å². The number of carbonyl (C=O) groups excluding carboxylic acids is 1. The van der Waals surface area contributed by atoms with Crippen LogP contribution < -0.4 is 0 Å². The first-order chi connectivity index (χ1) is 9.40. The number of rotatable bonds is 2. The molecule has 0 N–H and O–H groups in total. The van der Waals surface area contributed by atoms with Crippen molar-refractivity contribution in [2.45, 2.75) is 45.1 Å². The summed E-state index contributed by atoms with van der Waals surface area (Å²) in [6.45, 7) is 7.52. The molecule has 0 bridgehead atoms. The highest BCUT2D eigenvalue weighted by Gasteiger charge is 2.54. The smallest absolute Gasteiger partial charge is 0.310 e. The van der Waals surface area contributed by atoms with E-state index in [-0.39, 0.29) is 18.0 Å². The lowest BCUT2D eigenvalue weighted by Crippen LogP contribution is -2.45. The van der Waals surface area contributed by atoms with Crippen LogP contribution in [-0.2, 0) is 9.53 Å². The zero-order valence-corrected chi connectivity index (χ0v) is 13.0. The van der Waals surface area contributed by atoms with E-state index in [0.717, 1.165) is 19.4 Å². The van der Waals surface area contributed by atoms with Crippen LogP contribution in [0.15, 0.2) is 12.2 Å². The Morgan fingerprint density at radius 2 is 2.20 bits per heavy atom. The van der Waals surface area contributed by atoms with Crippen molar-refractivity contribution in [3.05, 3.63) is 12.2 Å². The van der Waals surface area contributed by atoms with Crippen molar-refractivity contribution >= 4 is 5.97 Å². The van der Waals surface area contributed by atoms with Gasteiger partial charge in [-0.2, -0.15) is 0 Å². The largest absolute Gasteiger partial charge is 0.462 e. The molecule has 0 aromatic rings. The maximum absolute atomic E-state index is 12.2. The van der Waals surface area contributed by atoms with Crippen molar-refractivity contribution in [1.29, 1.82) is 0 Å². The van der Waals surface area contributed by atoms with E-state index in [1.165, 1.54) is 24.8 Å². The van der Waals surface area contributed by atoms with Crippen LogP contribution in [0.3, 0.4) is 0 Å². The van der Waals surface area contributed by atoms with Gasteiger partial charge in [-0.05, 0) is 57.5 Å². The lowest BCUT2D eigenvalue weighted by atomic mass is 9.55. The molecule has 2 saturated carbocycles. The number of carbonyl (C=O) groups is 1. The molecule has 2 aliphatic carbocycles. The van der Waals surface area contributed by atoms with Gasteiger partial charge in [0.05, 0.1) is 5.92 Å². The molecule has 3 fully saturated rings. The van der Waals surface area contributed by atoms with Crippen LogP contribution in [0.2, 0.25) is 0 Å². The van der Waals surface area contributed by atoms with Gasteiger partial charge in [0, 0.05) is 12.5 Å². The minimum atomic E-state index is 0.0292. The fourth-order valence-electron chi connectivity index (χ4n) is 4.86. The molecule has 3 nitrogen and oxygen atoms in total. The average Bonchev–Trinajstić information content (AvgIpc) is 2.62. The van der Waals surface area contributed by atoms with Gasteiger partial charge in [0.1, 0.15) is 6.10 Å². The SMILES string of the molecule is C=C1CCC[C@@]2(C)C[C@H]3OC(=O)[C@H](CN(C)C)[C@@H]3C[C@@H]12. The molecule has 3 aliphatic rings. The number of hydrogen-bond acceptors (Lipinski definition) is 3. The molecule has 0 amide bonds. The number of esters is 1. The van der Waals surface area contributed by atoms with E-state index in [1.807, 2.05) is 14.1 Å². The van der Waals surface area contributed by atoms with Crippen molar-refractivity contribution in [3.8, 4) is 0 Å². The zero-order chi connectivity index (χ0) is 14.5. The first-order valence-electron chi connectivity index (χ1n) is 7.93. The van der Waals surface area contributed by atoms with Crippen LogP contribution in [0.4, 0.5) is 0 Å². The highest BCUT2D eigenvalue weighted by atomic mass is 16.6. The van der Waals surface area contributed by atoms with Gasteiger partial charge < -0.3 is 9.64 Å². The van der Waals surface area contributed by atoms with E-state index in [2.05, 4.69) is 18.4 Å². The maximum atomic E-state index is 12.2. The second-order valence-electron chi connectivity index (χ2n) is 7.67. The van der Waals surface area contributed by atoms with Crippen molar-refractivity contribution in [1.82, 2.24) is 4.90 Å². The quantitative estimate of drug-likeness (QED) is 0.574. The predicted octanol–water partition coefficient (Wildman–Crippen LogP) is 2.86. The van der Waals surface area contributed by atoms with Gasteiger partial charge in [0.15, 0.2) is 0 Å². The minimum absolute atomic E-state index is 0.0292. The van der Waals surface area contributed by atoms with Gasteiger partial charge in [-0.25, -0.2) is 0 Å². The van der Waals surface area contributed by atoms with Crippen LogP contribution in [0.25, 0.3) is 0 Å². The number of hydrogen-bond donors (Lipinski definition) is 0. The number of nitrogens with zero attached hydrogens (tertiary/aromatic N) is 1. The Morgan fingerprint density at radius 1 is 1.45 bits per heavy atom. The summed E-state index contributed by atoms with van der Waals surface area (Å²) in [7, 11) is 4.07. The van der Waals surface area contributed by atoms with Crippen molar-refractivity contribution in [2.75, 3.05) is 20.6 Å². The van der Waals surface area contributed by atoms with Gasteiger partial charge in [0.2, 0.25) is 0 Å². The molecule has 5 atom stereocenters. The molecular formula is C17H27NO2. The van der Waals surface area contributed by atoms with E-state index in [0.29, 0.717) is 17.3 Å². The molecule has 1 saturated heterocycles. The van der Waals surface area contributed by atoms with Crippen molar-refractivity contribution < 1.29 is 9.53 Å².